The molecule has 2 rings (SSSR count). The van der Waals surface area contributed by atoms with Crippen molar-refractivity contribution in [1.29, 1.82) is 0 Å². The molecule has 14 heavy (non-hydrogen) atoms. The maximum Gasteiger partial charge on any atom is 0.0229 e. The van der Waals surface area contributed by atoms with Crippen LogP contribution in [0.5, 0.6) is 0 Å². The summed E-state index contributed by atoms with van der Waals surface area (Å²) < 4.78 is 0. The van der Waals surface area contributed by atoms with Crippen LogP contribution in [-0.2, 0) is 0 Å². The molecule has 1 aliphatic carbocycles. The van der Waals surface area contributed by atoms with Crippen molar-refractivity contribution in [3.8, 4) is 0 Å². The lowest BCUT2D eigenvalue weighted by Gasteiger charge is -2.11. The predicted octanol–water partition coefficient (Wildman–Crippen LogP) is 3.67. The fraction of sp³-hybridized carbons (Fsp3) is 0.500. The minimum Gasteiger partial charge on any atom is -0.156 e. The van der Waals surface area contributed by atoms with Crippen LogP contribution < -0.4 is 0 Å². The highest BCUT2D eigenvalue weighted by molar-refractivity contribution is 8.08. The Hall–Kier alpha value is -0.0800. The summed E-state index contributed by atoms with van der Waals surface area (Å²) in [4.78, 5) is 0. The summed E-state index contributed by atoms with van der Waals surface area (Å²) in [6.07, 6.45) is 9.00. The molecule has 1 unspecified atom stereocenters. The van der Waals surface area contributed by atoms with Gasteiger partial charge in [0.15, 0.2) is 0 Å². The first-order chi connectivity index (χ1) is 6.88. The van der Waals surface area contributed by atoms with Crippen LogP contribution in [0.2, 0.25) is 0 Å². The molecule has 0 aromatic rings. The lowest BCUT2D eigenvalue weighted by molar-refractivity contribution is 0.956. The van der Waals surface area contributed by atoms with Gasteiger partial charge in [0.05, 0.1) is 0 Å². The van der Waals surface area contributed by atoms with Crippen LogP contribution in [-0.4, -0.2) is 22.5 Å². The highest BCUT2D eigenvalue weighted by Crippen LogP contribution is 2.33. The first-order valence-corrected chi connectivity index (χ1v) is 7.30. The van der Waals surface area contributed by atoms with Crippen molar-refractivity contribution in [1.82, 2.24) is 0 Å². The van der Waals surface area contributed by atoms with Crippen molar-refractivity contribution in [2.75, 3.05) is 17.3 Å². The van der Waals surface area contributed by atoms with Gasteiger partial charge in [0.2, 0.25) is 0 Å². The molecular formula is C12H16S2. The molecule has 0 aromatic heterocycles. The standard InChI is InChI=1S/C12H16S2/c1-2-10-4-3-5-11(6-10)7-13-8-12-9-14-12/h2,4,6,12H,1,3,5,7-9H2. The lowest BCUT2D eigenvalue weighted by Crippen LogP contribution is -1.96. The molecule has 0 bridgehead atoms. The van der Waals surface area contributed by atoms with Crippen molar-refractivity contribution < 1.29 is 0 Å². The summed E-state index contributed by atoms with van der Waals surface area (Å²) >= 11 is 4.18. The van der Waals surface area contributed by atoms with Crippen LogP contribution in [0.15, 0.2) is 36.0 Å². The highest BCUT2D eigenvalue weighted by Gasteiger charge is 2.21. The molecule has 76 valence electrons. The third-order valence-corrected chi connectivity index (χ3v) is 4.84. The maximum absolute atomic E-state index is 3.81. The van der Waals surface area contributed by atoms with Gasteiger partial charge in [-0.25, -0.2) is 0 Å². The Balaban J connectivity index is 1.75. The van der Waals surface area contributed by atoms with Gasteiger partial charge in [-0.05, 0) is 18.4 Å². The Morgan fingerprint density at radius 2 is 2.50 bits per heavy atom. The van der Waals surface area contributed by atoms with E-state index in [0.29, 0.717) is 0 Å². The lowest BCUT2D eigenvalue weighted by atomic mass is 10.0. The van der Waals surface area contributed by atoms with E-state index in [2.05, 4.69) is 42.3 Å². The molecule has 0 N–H and O–H groups in total. The normalized spacial score (nSPS) is 25.3. The monoisotopic (exact) mass is 224 g/mol. The largest absolute Gasteiger partial charge is 0.156 e. The Labute approximate surface area is 94.9 Å². The van der Waals surface area contributed by atoms with Crippen LogP contribution >= 0.6 is 23.5 Å². The molecule has 1 heterocycles. The molecule has 1 aliphatic heterocycles. The minimum atomic E-state index is 0.971. The molecule has 1 atom stereocenters. The summed E-state index contributed by atoms with van der Waals surface area (Å²) in [5.74, 6) is 3.96. The van der Waals surface area contributed by atoms with Gasteiger partial charge in [-0.2, -0.15) is 23.5 Å². The topological polar surface area (TPSA) is 0 Å². The predicted molar refractivity (Wildman–Crippen MR) is 69.2 cm³/mol. The average Bonchev–Trinajstić information content (AvgIpc) is 3.02. The van der Waals surface area contributed by atoms with Gasteiger partial charge in [0.25, 0.3) is 0 Å². The molecule has 0 saturated carbocycles. The van der Waals surface area contributed by atoms with Gasteiger partial charge in [0.1, 0.15) is 0 Å². The van der Waals surface area contributed by atoms with E-state index in [9.17, 15) is 0 Å². The van der Waals surface area contributed by atoms with Crippen LogP contribution in [0.4, 0.5) is 0 Å². The van der Waals surface area contributed by atoms with E-state index in [4.69, 9.17) is 0 Å². The first-order valence-electron chi connectivity index (χ1n) is 5.10. The van der Waals surface area contributed by atoms with E-state index < -0.39 is 0 Å². The summed E-state index contributed by atoms with van der Waals surface area (Å²) in [6, 6.07) is 0. The summed E-state index contributed by atoms with van der Waals surface area (Å²) in [5.41, 5.74) is 2.91. The summed E-state index contributed by atoms with van der Waals surface area (Å²) in [7, 11) is 0. The molecule has 2 aliphatic rings. The minimum absolute atomic E-state index is 0.971. The Kier molecular flexibility index (Phi) is 3.82. The zero-order chi connectivity index (χ0) is 9.80. The maximum atomic E-state index is 3.81. The van der Waals surface area contributed by atoms with Crippen LogP contribution in [0, 0.1) is 0 Å². The molecule has 2 heteroatoms. The van der Waals surface area contributed by atoms with E-state index in [-0.39, 0.29) is 0 Å². The Bertz CT molecular complexity index is 272. The van der Waals surface area contributed by atoms with Crippen molar-refractivity contribution in [2.24, 2.45) is 0 Å². The molecule has 0 nitrogen and oxygen atoms in total. The number of rotatable bonds is 5. The van der Waals surface area contributed by atoms with Crippen molar-refractivity contribution >= 4 is 23.5 Å². The van der Waals surface area contributed by atoms with Gasteiger partial charge in [0, 0.05) is 22.5 Å². The van der Waals surface area contributed by atoms with Crippen molar-refractivity contribution in [3.63, 3.8) is 0 Å². The molecule has 0 radical (unpaired) electrons. The molecule has 0 spiro atoms. The first kappa shape index (κ1) is 10.4. The second kappa shape index (κ2) is 5.13. The third kappa shape index (κ3) is 3.25. The summed E-state index contributed by atoms with van der Waals surface area (Å²) in [5, 5.41) is 0.971. The van der Waals surface area contributed by atoms with E-state index in [1.165, 1.54) is 35.7 Å². The second-order valence-electron chi connectivity index (χ2n) is 3.72. The fourth-order valence-corrected chi connectivity index (χ4v) is 3.60. The van der Waals surface area contributed by atoms with Crippen molar-refractivity contribution in [3.05, 3.63) is 36.0 Å². The zero-order valence-electron chi connectivity index (χ0n) is 8.37. The van der Waals surface area contributed by atoms with E-state index in [1.54, 1.807) is 5.57 Å². The van der Waals surface area contributed by atoms with Gasteiger partial charge in [-0.3, -0.25) is 0 Å². The van der Waals surface area contributed by atoms with Gasteiger partial charge in [-0.1, -0.05) is 30.4 Å². The quantitative estimate of drug-likeness (QED) is 0.654. The number of hydrogen-bond acceptors (Lipinski definition) is 2. The third-order valence-electron chi connectivity index (χ3n) is 2.45. The van der Waals surface area contributed by atoms with E-state index >= 15 is 0 Å². The van der Waals surface area contributed by atoms with Gasteiger partial charge in [-0.15, -0.1) is 0 Å². The number of allylic oxidation sites excluding steroid dienone is 4. The van der Waals surface area contributed by atoms with E-state index in [0.717, 1.165) is 5.25 Å². The number of thioether (sulfide) groups is 2. The van der Waals surface area contributed by atoms with Gasteiger partial charge >= 0.3 is 0 Å². The molecule has 0 aromatic carbocycles. The smallest absolute Gasteiger partial charge is 0.0229 e. The van der Waals surface area contributed by atoms with Crippen LogP contribution in [0.1, 0.15) is 12.8 Å². The fourth-order valence-electron chi connectivity index (χ4n) is 1.53. The molecule has 0 amide bonds. The molecule has 1 saturated heterocycles. The van der Waals surface area contributed by atoms with Gasteiger partial charge < -0.3 is 0 Å². The Morgan fingerprint density at radius 3 is 3.21 bits per heavy atom. The van der Waals surface area contributed by atoms with Crippen molar-refractivity contribution in [2.45, 2.75) is 18.1 Å². The number of hydrogen-bond donors (Lipinski definition) is 0. The summed E-state index contributed by atoms with van der Waals surface area (Å²) in [6.45, 7) is 3.81. The zero-order valence-corrected chi connectivity index (χ0v) is 10.0. The molecule has 1 fully saturated rings. The SMILES string of the molecule is C=CC1=CCCC(CSCC2CS2)=C1. The Morgan fingerprint density at radius 1 is 1.64 bits per heavy atom. The second-order valence-corrected chi connectivity index (χ2v) is 6.08. The average molecular weight is 224 g/mol. The van der Waals surface area contributed by atoms with Crippen LogP contribution in [0.25, 0.3) is 0 Å². The van der Waals surface area contributed by atoms with Crippen LogP contribution in [0.3, 0.4) is 0 Å². The highest BCUT2D eigenvalue weighted by atomic mass is 32.2. The van der Waals surface area contributed by atoms with E-state index in [1.807, 2.05) is 6.08 Å². The molecular weight excluding hydrogens is 208 g/mol.